The molecule has 200 valence electrons. The molecule has 0 aromatic rings. The van der Waals surface area contributed by atoms with Gasteiger partial charge in [-0.3, -0.25) is 19.3 Å². The van der Waals surface area contributed by atoms with Crippen LogP contribution in [0.5, 0.6) is 0 Å². The van der Waals surface area contributed by atoms with Crippen LogP contribution in [0.4, 0.5) is 0 Å². The minimum Gasteiger partial charge on any atom is -0.369 e. The molecule has 9 nitrogen and oxygen atoms in total. The first-order valence-electron chi connectivity index (χ1n) is 12.6. The third-order valence-electron chi connectivity index (χ3n) is 5.14. The third-order valence-corrected chi connectivity index (χ3v) is 5.54. The van der Waals surface area contributed by atoms with Gasteiger partial charge in [-0.05, 0) is 19.3 Å². The van der Waals surface area contributed by atoms with E-state index < -0.39 is 17.2 Å². The van der Waals surface area contributed by atoms with Crippen molar-refractivity contribution in [3.63, 3.8) is 0 Å². The summed E-state index contributed by atoms with van der Waals surface area (Å²) in [5.41, 5.74) is -0.559. The molecule has 0 aromatic heterocycles. The fraction of sp³-hybridized carbons (Fsp3) is 0.833. The van der Waals surface area contributed by atoms with Gasteiger partial charge in [0, 0.05) is 19.5 Å². The normalized spacial score (nSPS) is 21.5. The van der Waals surface area contributed by atoms with Gasteiger partial charge in [-0.15, -0.1) is 0 Å². The number of rotatable bonds is 12. The molecule has 2 fully saturated rings. The number of carbonyl (C=O) groups is 4. The number of nitrogens with one attached hydrogen (secondary N) is 1. The Morgan fingerprint density at radius 1 is 1.09 bits per heavy atom. The number of hydrogen-bond acceptors (Lipinski definition) is 8. The Kier molecular flexibility index (Phi) is 19.9. The maximum atomic E-state index is 11.8. The molecule has 11 heteroatoms. The van der Waals surface area contributed by atoms with E-state index in [0.29, 0.717) is 6.42 Å². The van der Waals surface area contributed by atoms with Crippen molar-refractivity contribution in [1.82, 2.24) is 10.2 Å². The minimum absolute atomic E-state index is 0.0878. The second-order valence-electron chi connectivity index (χ2n) is 8.36. The molecule has 2 aliphatic heterocycles. The molecule has 1 N–H and O–H groups in total. The molecule has 3 amide bonds. The van der Waals surface area contributed by atoms with Crippen molar-refractivity contribution < 1.29 is 33.4 Å². The van der Waals surface area contributed by atoms with Crippen LogP contribution in [0.25, 0.3) is 0 Å². The number of nitrogens with zero attached hydrogens (tertiary/aromatic N) is 1. The monoisotopic (exact) mass is 514 g/mol. The van der Waals surface area contributed by atoms with Crippen LogP contribution in [-0.2, 0) is 33.4 Å². The molecule has 2 radical (unpaired) electrons. The Morgan fingerprint density at radius 2 is 1.71 bits per heavy atom. The van der Waals surface area contributed by atoms with Crippen molar-refractivity contribution in [2.45, 2.75) is 96.7 Å². The highest BCUT2D eigenvalue weighted by molar-refractivity contribution is 7.81. The van der Waals surface area contributed by atoms with Crippen molar-refractivity contribution in [2.75, 3.05) is 32.9 Å². The van der Waals surface area contributed by atoms with Crippen molar-refractivity contribution in [2.24, 2.45) is 0 Å². The Balaban J connectivity index is 0.00000126. The summed E-state index contributed by atoms with van der Waals surface area (Å²) < 4.78 is 16.2. The predicted molar refractivity (Wildman–Crippen MR) is 138 cm³/mol. The summed E-state index contributed by atoms with van der Waals surface area (Å²) in [6, 6.07) is 0. The molecule has 0 aromatic carbocycles. The summed E-state index contributed by atoms with van der Waals surface area (Å²) in [6.07, 6.45) is 6.93. The van der Waals surface area contributed by atoms with Crippen LogP contribution >= 0.6 is 12.6 Å². The Morgan fingerprint density at radius 3 is 2.23 bits per heavy atom. The van der Waals surface area contributed by atoms with E-state index in [2.05, 4.69) is 45.6 Å². The number of amides is 3. The topological polar surface area (TPSA) is 111 Å². The number of unbranched alkanes of at least 4 members (excludes halogenated alkanes) is 2. The van der Waals surface area contributed by atoms with E-state index >= 15 is 0 Å². The van der Waals surface area contributed by atoms with Crippen LogP contribution in [0.15, 0.2) is 0 Å². The Bertz CT molecular complexity index is 631. The van der Waals surface area contributed by atoms with Crippen LogP contribution in [0.3, 0.4) is 0 Å². The van der Waals surface area contributed by atoms with Gasteiger partial charge in [-0.25, -0.2) is 0 Å². The SMILES string of the molecule is CCCC.CCCC.[B]C(=O)COC1CCCC(COCC(=O)NCCN2C(=O)CC(S)C2=O)O1. The first-order chi connectivity index (χ1) is 16.7. The van der Waals surface area contributed by atoms with E-state index in [4.69, 9.17) is 22.1 Å². The smallest absolute Gasteiger partial charge is 0.246 e. The molecule has 0 spiro atoms. The van der Waals surface area contributed by atoms with E-state index in [1.165, 1.54) is 25.7 Å². The zero-order valence-electron chi connectivity index (χ0n) is 21.8. The summed E-state index contributed by atoms with van der Waals surface area (Å²) >= 11 is 4.03. The van der Waals surface area contributed by atoms with Gasteiger partial charge in [0.1, 0.15) is 12.3 Å². The van der Waals surface area contributed by atoms with E-state index in [1.54, 1.807) is 0 Å². The van der Waals surface area contributed by atoms with Gasteiger partial charge in [0.15, 0.2) is 14.1 Å². The quantitative estimate of drug-likeness (QED) is 0.234. The molecule has 2 aliphatic rings. The fourth-order valence-electron chi connectivity index (χ4n) is 2.83. The molecular weight excluding hydrogens is 471 g/mol. The van der Waals surface area contributed by atoms with Gasteiger partial charge in [0.25, 0.3) is 0 Å². The average molecular weight is 514 g/mol. The average Bonchev–Trinajstić information content (AvgIpc) is 3.09. The minimum atomic E-state index is -0.595. The molecule has 3 atom stereocenters. The van der Waals surface area contributed by atoms with Gasteiger partial charge in [0.2, 0.25) is 17.7 Å². The lowest BCUT2D eigenvalue weighted by Gasteiger charge is -2.29. The molecule has 2 heterocycles. The van der Waals surface area contributed by atoms with Crippen LogP contribution in [0.2, 0.25) is 0 Å². The zero-order valence-corrected chi connectivity index (χ0v) is 22.6. The number of likely N-dealkylation sites (tertiary alicyclic amines) is 1. The highest BCUT2D eigenvalue weighted by Gasteiger charge is 2.35. The van der Waals surface area contributed by atoms with Gasteiger partial charge < -0.3 is 24.3 Å². The second kappa shape index (κ2) is 20.7. The van der Waals surface area contributed by atoms with Gasteiger partial charge >= 0.3 is 0 Å². The number of hydrogen-bond donors (Lipinski definition) is 2. The predicted octanol–water partition coefficient (Wildman–Crippen LogP) is 2.40. The summed E-state index contributed by atoms with van der Waals surface area (Å²) in [6.45, 7) is 8.85. The highest BCUT2D eigenvalue weighted by Crippen LogP contribution is 2.20. The molecule has 0 aliphatic carbocycles. The lowest BCUT2D eigenvalue weighted by atomic mass is 10.0. The van der Waals surface area contributed by atoms with Crippen LogP contribution in [-0.4, -0.2) is 86.7 Å². The molecule has 2 rings (SSSR count). The largest absolute Gasteiger partial charge is 0.369 e. The van der Waals surface area contributed by atoms with Crippen LogP contribution in [0, 0.1) is 0 Å². The summed E-state index contributed by atoms with van der Waals surface area (Å²) in [4.78, 5) is 46.9. The molecule has 35 heavy (non-hydrogen) atoms. The van der Waals surface area contributed by atoms with Crippen molar-refractivity contribution in [3.05, 3.63) is 0 Å². The maximum Gasteiger partial charge on any atom is 0.246 e. The lowest BCUT2D eigenvalue weighted by Crippen LogP contribution is -2.40. The third kappa shape index (κ3) is 16.0. The van der Waals surface area contributed by atoms with Crippen LogP contribution in [0.1, 0.15) is 79.1 Å². The summed E-state index contributed by atoms with van der Waals surface area (Å²) in [5.74, 6) is -0.974. The van der Waals surface area contributed by atoms with Gasteiger partial charge in [-0.2, -0.15) is 12.6 Å². The number of imide groups is 1. The summed E-state index contributed by atoms with van der Waals surface area (Å²) in [5, 5.41) is 2.00. The lowest BCUT2D eigenvalue weighted by molar-refractivity contribution is -0.203. The van der Waals surface area contributed by atoms with E-state index in [1.807, 2.05) is 0 Å². The highest BCUT2D eigenvalue weighted by atomic mass is 32.1. The molecule has 3 unspecified atom stereocenters. The van der Waals surface area contributed by atoms with Crippen molar-refractivity contribution in [1.29, 1.82) is 0 Å². The van der Waals surface area contributed by atoms with Crippen molar-refractivity contribution >= 4 is 43.9 Å². The van der Waals surface area contributed by atoms with Gasteiger partial charge in [-0.1, -0.05) is 53.4 Å². The first-order valence-corrected chi connectivity index (χ1v) is 13.1. The summed E-state index contributed by atoms with van der Waals surface area (Å²) in [7, 11) is 5.03. The van der Waals surface area contributed by atoms with E-state index in [-0.39, 0.29) is 63.2 Å². The second-order valence-corrected chi connectivity index (χ2v) is 8.99. The van der Waals surface area contributed by atoms with Crippen molar-refractivity contribution in [3.8, 4) is 0 Å². The molecule has 0 saturated carbocycles. The maximum absolute atomic E-state index is 11.8. The fourth-order valence-corrected chi connectivity index (χ4v) is 3.12. The first kappa shape index (κ1) is 33.6. The number of carbonyl (C=O) groups excluding carboxylic acids is 4. The Hall–Kier alpha value is -1.43. The molecular formula is C24H43BN2O7S. The standard InChI is InChI=1S/C16H23BN2O7S.2C4H10/c17-12(20)8-25-15-3-1-2-10(26-15)7-24-9-13(21)18-4-5-19-14(22)6-11(27)16(19)23;2*1-3-4-2/h10-11,15,27H,1-9H2,(H,18,21);2*3-4H2,1-2H3. The zero-order chi connectivity index (χ0) is 26.6. The Labute approximate surface area is 217 Å². The van der Waals surface area contributed by atoms with Crippen LogP contribution < -0.4 is 5.32 Å². The van der Waals surface area contributed by atoms with E-state index in [9.17, 15) is 19.2 Å². The van der Waals surface area contributed by atoms with E-state index in [0.717, 1.165) is 17.7 Å². The number of ether oxygens (including phenoxy) is 3. The number of thiol groups is 1. The van der Waals surface area contributed by atoms with Gasteiger partial charge in [0.05, 0.1) is 24.6 Å². The molecule has 0 bridgehead atoms. The molecule has 2 saturated heterocycles.